The monoisotopic (exact) mass is 126 g/mol. The molecule has 1 saturated heterocycles. The Morgan fingerprint density at radius 3 is 2.89 bits per heavy atom. The van der Waals surface area contributed by atoms with E-state index in [4.69, 9.17) is 11.2 Å². The van der Waals surface area contributed by atoms with E-state index < -0.39 is 5.60 Å². The maximum Gasteiger partial charge on any atom is 0.125 e. The second-order valence-corrected chi connectivity index (χ2v) is 2.58. The Morgan fingerprint density at radius 2 is 2.56 bits per heavy atom. The van der Waals surface area contributed by atoms with Gasteiger partial charge in [-0.15, -0.1) is 6.42 Å². The van der Waals surface area contributed by atoms with Gasteiger partial charge in [0.2, 0.25) is 0 Å². The van der Waals surface area contributed by atoms with E-state index in [1.54, 1.807) is 6.92 Å². The molecule has 50 valence electrons. The molecule has 2 atom stereocenters. The van der Waals surface area contributed by atoms with Crippen LogP contribution in [0.4, 0.5) is 0 Å². The van der Waals surface area contributed by atoms with E-state index in [2.05, 4.69) is 5.92 Å². The maximum absolute atomic E-state index is 9.22. The lowest BCUT2D eigenvalue weighted by Gasteiger charge is -2.12. The van der Waals surface area contributed by atoms with Crippen LogP contribution in [0.3, 0.4) is 0 Å². The zero-order valence-corrected chi connectivity index (χ0v) is 5.42. The molecule has 1 aliphatic rings. The average molecular weight is 126 g/mol. The summed E-state index contributed by atoms with van der Waals surface area (Å²) in [7, 11) is 0. The second-order valence-electron chi connectivity index (χ2n) is 2.58. The number of rotatable bonds is 2. The van der Waals surface area contributed by atoms with E-state index in [1.165, 1.54) is 0 Å². The standard InChI is InChI=1S/C7H10O2/c1-3-7(2,8)4-6-5-9-6/h1,6,8H,4-5H2,2H3/t6-,7+/m0/s1. The fraction of sp³-hybridized carbons (Fsp3) is 0.714. The van der Waals surface area contributed by atoms with Crippen LogP contribution in [0.15, 0.2) is 0 Å². The zero-order chi connectivity index (χ0) is 6.91. The lowest BCUT2D eigenvalue weighted by atomic mass is 10.0. The lowest BCUT2D eigenvalue weighted by molar-refractivity contribution is 0.102. The first kappa shape index (κ1) is 6.60. The van der Waals surface area contributed by atoms with Gasteiger partial charge in [0.15, 0.2) is 0 Å². The summed E-state index contributed by atoms with van der Waals surface area (Å²) in [5.74, 6) is 2.29. The molecule has 1 N–H and O–H groups in total. The van der Waals surface area contributed by atoms with Gasteiger partial charge in [0.1, 0.15) is 5.60 Å². The topological polar surface area (TPSA) is 32.8 Å². The molecular formula is C7H10O2. The van der Waals surface area contributed by atoms with Crippen LogP contribution in [0.2, 0.25) is 0 Å². The average Bonchev–Trinajstić information content (AvgIpc) is 2.50. The van der Waals surface area contributed by atoms with E-state index in [0.717, 1.165) is 6.61 Å². The largest absolute Gasteiger partial charge is 0.378 e. The van der Waals surface area contributed by atoms with Gasteiger partial charge in [0.25, 0.3) is 0 Å². The fourth-order valence-electron chi connectivity index (χ4n) is 0.688. The third kappa shape index (κ3) is 2.05. The van der Waals surface area contributed by atoms with E-state index in [9.17, 15) is 5.11 Å². The predicted molar refractivity (Wildman–Crippen MR) is 33.8 cm³/mol. The van der Waals surface area contributed by atoms with Crippen LogP contribution in [0.1, 0.15) is 13.3 Å². The Balaban J connectivity index is 2.32. The maximum atomic E-state index is 9.22. The van der Waals surface area contributed by atoms with Gasteiger partial charge in [-0.1, -0.05) is 5.92 Å². The Bertz CT molecular complexity index is 139. The molecule has 0 radical (unpaired) electrons. The minimum absolute atomic E-state index is 0.205. The van der Waals surface area contributed by atoms with Crippen molar-refractivity contribution in [3.63, 3.8) is 0 Å². The van der Waals surface area contributed by atoms with Gasteiger partial charge in [0.05, 0.1) is 12.7 Å². The Kier molecular flexibility index (Phi) is 1.48. The third-order valence-electron chi connectivity index (χ3n) is 1.34. The van der Waals surface area contributed by atoms with Crippen LogP contribution in [-0.2, 0) is 4.74 Å². The van der Waals surface area contributed by atoms with Gasteiger partial charge in [-0.3, -0.25) is 0 Å². The zero-order valence-electron chi connectivity index (χ0n) is 5.42. The Hall–Kier alpha value is -0.520. The highest BCUT2D eigenvalue weighted by Gasteiger charge is 2.31. The number of hydrogen-bond acceptors (Lipinski definition) is 2. The first-order valence-electron chi connectivity index (χ1n) is 2.96. The van der Waals surface area contributed by atoms with Crippen molar-refractivity contribution in [2.24, 2.45) is 0 Å². The molecular weight excluding hydrogens is 116 g/mol. The van der Waals surface area contributed by atoms with Gasteiger partial charge < -0.3 is 9.84 Å². The molecule has 1 aliphatic heterocycles. The van der Waals surface area contributed by atoms with Crippen LogP contribution < -0.4 is 0 Å². The van der Waals surface area contributed by atoms with Crippen LogP contribution in [0, 0.1) is 12.3 Å². The SMILES string of the molecule is C#C[C@@](C)(O)C[C@H]1CO1. The highest BCUT2D eigenvalue weighted by atomic mass is 16.6. The highest BCUT2D eigenvalue weighted by molar-refractivity contribution is 5.06. The molecule has 2 nitrogen and oxygen atoms in total. The minimum atomic E-state index is -0.971. The fourth-order valence-corrected chi connectivity index (χ4v) is 0.688. The first-order valence-corrected chi connectivity index (χ1v) is 2.96. The molecule has 0 aromatic rings. The normalized spacial score (nSPS) is 30.6. The highest BCUT2D eigenvalue weighted by Crippen LogP contribution is 2.21. The van der Waals surface area contributed by atoms with E-state index >= 15 is 0 Å². The van der Waals surface area contributed by atoms with Crippen molar-refractivity contribution >= 4 is 0 Å². The van der Waals surface area contributed by atoms with Crippen LogP contribution in [-0.4, -0.2) is 23.4 Å². The van der Waals surface area contributed by atoms with Gasteiger partial charge >= 0.3 is 0 Å². The molecule has 0 bridgehead atoms. The van der Waals surface area contributed by atoms with Crippen LogP contribution in [0.5, 0.6) is 0 Å². The summed E-state index contributed by atoms with van der Waals surface area (Å²) < 4.78 is 4.89. The van der Waals surface area contributed by atoms with Crippen LogP contribution in [0.25, 0.3) is 0 Å². The molecule has 0 amide bonds. The summed E-state index contributed by atoms with van der Waals surface area (Å²) in [5.41, 5.74) is -0.971. The molecule has 0 unspecified atom stereocenters. The minimum Gasteiger partial charge on any atom is -0.378 e. The molecule has 1 rings (SSSR count). The number of terminal acetylenes is 1. The summed E-state index contributed by atoms with van der Waals surface area (Å²) in [4.78, 5) is 0. The quantitative estimate of drug-likeness (QED) is 0.422. The molecule has 2 heteroatoms. The third-order valence-corrected chi connectivity index (χ3v) is 1.34. The summed E-state index contributed by atoms with van der Waals surface area (Å²) in [6, 6.07) is 0. The van der Waals surface area contributed by atoms with Gasteiger partial charge in [-0.05, 0) is 6.92 Å². The lowest BCUT2D eigenvalue weighted by Crippen LogP contribution is -2.23. The number of epoxide rings is 1. The summed E-state index contributed by atoms with van der Waals surface area (Å²) in [5, 5.41) is 9.22. The van der Waals surface area contributed by atoms with Crippen molar-refractivity contribution in [1.82, 2.24) is 0 Å². The van der Waals surface area contributed by atoms with Gasteiger partial charge in [-0.2, -0.15) is 0 Å². The second kappa shape index (κ2) is 2.02. The van der Waals surface area contributed by atoms with E-state index in [1.807, 2.05) is 0 Å². The molecule has 9 heavy (non-hydrogen) atoms. The van der Waals surface area contributed by atoms with Gasteiger partial charge in [-0.25, -0.2) is 0 Å². The molecule has 0 aliphatic carbocycles. The van der Waals surface area contributed by atoms with Crippen LogP contribution >= 0.6 is 0 Å². The van der Waals surface area contributed by atoms with Crippen molar-refractivity contribution in [1.29, 1.82) is 0 Å². The van der Waals surface area contributed by atoms with Crippen molar-refractivity contribution in [2.45, 2.75) is 25.0 Å². The van der Waals surface area contributed by atoms with Gasteiger partial charge in [0, 0.05) is 6.42 Å². The number of hydrogen-bond donors (Lipinski definition) is 1. The summed E-state index contributed by atoms with van der Waals surface area (Å²) >= 11 is 0. The number of aliphatic hydroxyl groups is 1. The first-order chi connectivity index (χ1) is 4.14. The van der Waals surface area contributed by atoms with E-state index in [0.29, 0.717) is 6.42 Å². The van der Waals surface area contributed by atoms with E-state index in [-0.39, 0.29) is 6.10 Å². The molecule has 0 aromatic carbocycles. The molecule has 0 spiro atoms. The number of ether oxygens (including phenoxy) is 1. The molecule has 0 saturated carbocycles. The summed E-state index contributed by atoms with van der Waals surface area (Å²) in [6.07, 6.45) is 5.79. The molecule has 1 fully saturated rings. The Labute approximate surface area is 54.8 Å². The van der Waals surface area contributed by atoms with Crippen molar-refractivity contribution in [3.05, 3.63) is 0 Å². The Morgan fingerprint density at radius 1 is 2.00 bits per heavy atom. The summed E-state index contributed by atoms with van der Waals surface area (Å²) in [6.45, 7) is 2.37. The smallest absolute Gasteiger partial charge is 0.125 e. The van der Waals surface area contributed by atoms with Crippen molar-refractivity contribution in [2.75, 3.05) is 6.61 Å². The van der Waals surface area contributed by atoms with Crippen molar-refractivity contribution < 1.29 is 9.84 Å². The van der Waals surface area contributed by atoms with Crippen molar-refractivity contribution in [3.8, 4) is 12.3 Å². The molecule has 1 heterocycles. The molecule has 0 aromatic heterocycles. The predicted octanol–water partition coefficient (Wildman–Crippen LogP) is 0.160.